The molecule has 0 spiro atoms. The van der Waals surface area contributed by atoms with Gasteiger partial charge in [0.1, 0.15) is 5.76 Å². The third kappa shape index (κ3) is 3.31. The van der Waals surface area contributed by atoms with Crippen molar-refractivity contribution in [2.45, 2.75) is 18.3 Å². The zero-order valence-corrected chi connectivity index (χ0v) is 22.6. The maximum absolute atomic E-state index is 14.4. The van der Waals surface area contributed by atoms with Crippen LogP contribution in [0.2, 0.25) is 10.0 Å². The first-order valence-corrected chi connectivity index (χ1v) is 13.5. The minimum atomic E-state index is -1.13. The number of carbonyl (C=O) groups is 3. The maximum Gasteiger partial charge on any atom is 0.307 e. The van der Waals surface area contributed by atoms with E-state index in [-0.39, 0.29) is 34.2 Å². The molecule has 0 radical (unpaired) electrons. The van der Waals surface area contributed by atoms with Gasteiger partial charge in [0.15, 0.2) is 5.76 Å². The quantitative estimate of drug-likeness (QED) is 0.189. The van der Waals surface area contributed by atoms with Crippen molar-refractivity contribution in [3.05, 3.63) is 123 Å². The minimum absolute atomic E-state index is 0.119. The Kier molecular flexibility index (Phi) is 5.53. The molecule has 8 rings (SSSR count). The highest BCUT2D eigenvalue weighted by Crippen LogP contribution is 2.63. The fourth-order valence-electron chi connectivity index (χ4n) is 6.75. The van der Waals surface area contributed by atoms with Gasteiger partial charge >= 0.3 is 5.91 Å². The van der Waals surface area contributed by atoms with Crippen molar-refractivity contribution in [3.63, 3.8) is 0 Å². The Balaban J connectivity index is 1.42. The fourth-order valence-corrected chi connectivity index (χ4v) is 7.25. The molecule has 4 aliphatic rings. The number of halogens is 2. The average Bonchev–Trinajstić information content (AvgIpc) is 3.50. The fraction of sp³-hybridized carbons (Fsp3) is 0.161. The van der Waals surface area contributed by atoms with E-state index in [0.29, 0.717) is 10.8 Å². The summed E-state index contributed by atoms with van der Waals surface area (Å²) in [5.74, 6) is -2.36. The zero-order valence-electron chi connectivity index (χ0n) is 21.1. The summed E-state index contributed by atoms with van der Waals surface area (Å²) in [6, 6.07) is 23.6. The zero-order chi connectivity index (χ0) is 27.8. The van der Waals surface area contributed by atoms with Crippen molar-refractivity contribution in [3.8, 4) is 0 Å². The summed E-state index contributed by atoms with van der Waals surface area (Å²) >= 11 is 12.6. The van der Waals surface area contributed by atoms with Gasteiger partial charge in [-0.25, -0.2) is 10.3 Å². The van der Waals surface area contributed by atoms with E-state index in [9.17, 15) is 14.4 Å². The van der Waals surface area contributed by atoms with Gasteiger partial charge in [-0.05, 0) is 59.5 Å². The van der Waals surface area contributed by atoms with Crippen molar-refractivity contribution in [1.82, 2.24) is 5.43 Å². The highest BCUT2D eigenvalue weighted by molar-refractivity contribution is 6.38. The van der Waals surface area contributed by atoms with Crippen LogP contribution in [0.1, 0.15) is 44.5 Å². The van der Waals surface area contributed by atoms with Crippen LogP contribution >= 0.6 is 23.2 Å². The van der Waals surface area contributed by atoms with Crippen molar-refractivity contribution < 1.29 is 18.8 Å². The molecule has 9 heteroatoms. The summed E-state index contributed by atoms with van der Waals surface area (Å²) in [7, 11) is 0. The predicted octanol–water partition coefficient (Wildman–Crippen LogP) is 5.86. The summed E-state index contributed by atoms with van der Waals surface area (Å²) in [6.45, 7) is 1.74. The first-order chi connectivity index (χ1) is 19.3. The molecular formula is C31H21Cl2N3O4. The lowest BCUT2D eigenvalue weighted by Gasteiger charge is -2.52. The summed E-state index contributed by atoms with van der Waals surface area (Å²) < 4.78 is 5.43. The number of furan rings is 1. The minimum Gasteiger partial charge on any atom is -0.456 e. The largest absolute Gasteiger partial charge is 0.456 e. The Morgan fingerprint density at radius 3 is 2.25 bits per heavy atom. The number of benzene rings is 3. The van der Waals surface area contributed by atoms with Gasteiger partial charge in [0.2, 0.25) is 11.8 Å². The van der Waals surface area contributed by atoms with Gasteiger partial charge in [0.25, 0.3) is 0 Å². The second-order valence-electron chi connectivity index (χ2n) is 10.2. The topological polar surface area (TPSA) is 92.0 Å². The molecule has 1 aliphatic heterocycles. The lowest BCUT2D eigenvalue weighted by Crippen LogP contribution is -2.54. The number of amides is 3. The number of carbonyl (C=O) groups excluding carboxylic acids is 3. The van der Waals surface area contributed by atoms with Crippen molar-refractivity contribution >= 4 is 52.8 Å². The number of anilines is 1. The summed E-state index contributed by atoms with van der Waals surface area (Å²) in [5, 5.41) is 4.99. The summed E-state index contributed by atoms with van der Waals surface area (Å²) in [6.07, 6.45) is 1.60. The van der Waals surface area contributed by atoms with Crippen molar-refractivity contribution in [1.29, 1.82) is 0 Å². The van der Waals surface area contributed by atoms with Crippen LogP contribution < -0.4 is 10.3 Å². The number of hydrogen-bond acceptors (Lipinski definition) is 5. The molecule has 3 amide bonds. The highest BCUT2D eigenvalue weighted by atomic mass is 35.5. The molecule has 3 aliphatic carbocycles. The van der Waals surface area contributed by atoms with E-state index >= 15 is 0 Å². The van der Waals surface area contributed by atoms with Crippen LogP contribution in [-0.2, 0) is 15.0 Å². The molecule has 2 atom stereocenters. The van der Waals surface area contributed by atoms with E-state index in [1.807, 2.05) is 48.5 Å². The van der Waals surface area contributed by atoms with E-state index < -0.39 is 23.2 Å². The molecule has 40 heavy (non-hydrogen) atoms. The Morgan fingerprint density at radius 1 is 0.950 bits per heavy atom. The lowest BCUT2D eigenvalue weighted by atomic mass is 9.47. The number of aryl methyl sites for hydroxylation is 1. The van der Waals surface area contributed by atoms with E-state index in [2.05, 4.69) is 10.5 Å². The SMILES string of the molecule is Cc1ccc(C(=O)N/N=C\C23c4ccccc4C(c4ccccc42)[C@H]2C(=O)N(c4ccc(Cl)cc4Cl)C(=O)[C@@H]23)o1. The Bertz CT molecular complexity index is 1730. The first kappa shape index (κ1) is 24.8. The van der Waals surface area contributed by atoms with Crippen molar-refractivity contribution in [2.24, 2.45) is 16.9 Å². The van der Waals surface area contributed by atoms with Crippen LogP contribution in [0, 0.1) is 18.8 Å². The average molecular weight is 570 g/mol. The normalized spacial score (nSPS) is 24.3. The van der Waals surface area contributed by atoms with Gasteiger partial charge < -0.3 is 4.42 Å². The molecule has 2 bridgehead atoms. The van der Waals surface area contributed by atoms with Gasteiger partial charge in [-0.3, -0.25) is 14.4 Å². The predicted molar refractivity (Wildman–Crippen MR) is 151 cm³/mol. The van der Waals surface area contributed by atoms with Crippen LogP contribution in [0.4, 0.5) is 5.69 Å². The summed E-state index contributed by atoms with van der Waals surface area (Å²) in [5.41, 5.74) is 5.36. The van der Waals surface area contributed by atoms with Gasteiger partial charge in [-0.1, -0.05) is 71.7 Å². The highest BCUT2D eigenvalue weighted by Gasteiger charge is 2.68. The lowest BCUT2D eigenvalue weighted by molar-refractivity contribution is -0.122. The number of imide groups is 1. The molecule has 1 fully saturated rings. The molecular weight excluding hydrogens is 549 g/mol. The van der Waals surface area contributed by atoms with Gasteiger partial charge in [-0.15, -0.1) is 0 Å². The Labute approximate surface area is 239 Å². The van der Waals surface area contributed by atoms with Gasteiger partial charge in [-0.2, -0.15) is 5.10 Å². The van der Waals surface area contributed by atoms with E-state index in [0.717, 1.165) is 22.3 Å². The van der Waals surface area contributed by atoms with Crippen LogP contribution in [0.5, 0.6) is 0 Å². The molecule has 0 unspecified atom stereocenters. The van der Waals surface area contributed by atoms with Crippen molar-refractivity contribution in [2.75, 3.05) is 4.90 Å². The summed E-state index contributed by atoms with van der Waals surface area (Å²) in [4.78, 5) is 42.5. The van der Waals surface area contributed by atoms with E-state index in [1.54, 1.807) is 37.4 Å². The molecule has 198 valence electrons. The molecule has 1 aromatic heterocycles. The second-order valence-corrected chi connectivity index (χ2v) is 11.1. The van der Waals surface area contributed by atoms with Crippen LogP contribution in [0.15, 0.2) is 88.4 Å². The molecule has 7 nitrogen and oxygen atoms in total. The number of nitrogens with one attached hydrogen (secondary N) is 1. The first-order valence-electron chi connectivity index (χ1n) is 12.8. The third-order valence-electron chi connectivity index (χ3n) is 8.23. The van der Waals surface area contributed by atoms with Crippen LogP contribution in [0.25, 0.3) is 0 Å². The molecule has 1 saturated heterocycles. The standard InChI is InChI=1S/C31H21Cl2N3O4/c1-16-10-13-24(40-16)28(37)35-34-15-31-20-8-4-2-6-18(20)25(19-7-3-5-9-21(19)31)26-27(31)30(39)36(29(26)38)23-12-11-17(32)14-22(23)33/h2-15,25-27H,1H3,(H,35,37)/b34-15-/t25?,26-,27-,31?/m1/s1. The molecule has 2 heterocycles. The van der Waals surface area contributed by atoms with E-state index in [1.165, 1.54) is 11.0 Å². The monoisotopic (exact) mass is 569 g/mol. The van der Waals surface area contributed by atoms with Gasteiger partial charge in [0, 0.05) is 17.2 Å². The number of nitrogens with zero attached hydrogens (tertiary/aromatic N) is 2. The van der Waals surface area contributed by atoms with Crippen LogP contribution in [-0.4, -0.2) is 23.9 Å². The van der Waals surface area contributed by atoms with Gasteiger partial charge in [0.05, 0.1) is 28.0 Å². The Hall–Kier alpha value is -4.20. The number of hydrogen-bond donors (Lipinski definition) is 1. The molecule has 4 aromatic rings. The molecule has 1 N–H and O–H groups in total. The third-order valence-corrected chi connectivity index (χ3v) is 8.77. The Morgan fingerprint density at radius 2 is 1.62 bits per heavy atom. The number of hydrazone groups is 1. The number of rotatable bonds is 4. The molecule has 0 saturated carbocycles. The van der Waals surface area contributed by atoms with Crippen LogP contribution in [0.3, 0.4) is 0 Å². The second kappa shape index (κ2) is 8.91. The maximum atomic E-state index is 14.4. The molecule has 3 aromatic carbocycles. The smallest absolute Gasteiger partial charge is 0.307 e. The van der Waals surface area contributed by atoms with E-state index in [4.69, 9.17) is 27.6 Å².